The van der Waals surface area contributed by atoms with E-state index < -0.39 is 0 Å². The lowest BCUT2D eigenvalue weighted by molar-refractivity contribution is 0.589. The van der Waals surface area contributed by atoms with Gasteiger partial charge in [-0.05, 0) is 60.0 Å². The van der Waals surface area contributed by atoms with Crippen LogP contribution in [0.15, 0.2) is 65.6 Å². The zero-order valence-corrected chi connectivity index (χ0v) is 20.6. The maximum absolute atomic E-state index is 13.6. The first-order chi connectivity index (χ1) is 18.0. The van der Waals surface area contributed by atoms with Crippen molar-refractivity contribution in [1.82, 2.24) is 19.4 Å². The number of aryl methyl sites for hydroxylation is 2. The van der Waals surface area contributed by atoms with Crippen molar-refractivity contribution in [1.29, 1.82) is 5.26 Å². The predicted molar refractivity (Wildman–Crippen MR) is 144 cm³/mol. The number of pyridine rings is 1. The molecule has 6 rings (SSSR count). The summed E-state index contributed by atoms with van der Waals surface area (Å²) >= 11 is 0. The molecule has 1 saturated heterocycles. The number of piperazine rings is 1. The van der Waals surface area contributed by atoms with Gasteiger partial charge in [0.2, 0.25) is 0 Å². The summed E-state index contributed by atoms with van der Waals surface area (Å²) in [6, 6.07) is 18.4. The molecule has 0 aliphatic carbocycles. The third kappa shape index (κ3) is 3.76. The Bertz CT molecular complexity index is 1770. The van der Waals surface area contributed by atoms with Gasteiger partial charge in [0, 0.05) is 38.6 Å². The van der Waals surface area contributed by atoms with Gasteiger partial charge in [-0.2, -0.15) is 5.26 Å². The monoisotopic (exact) mass is 492 g/mol. The number of rotatable bonds is 3. The highest BCUT2D eigenvalue weighted by molar-refractivity contribution is 6.04. The zero-order valence-electron chi connectivity index (χ0n) is 20.6. The number of halogens is 1. The van der Waals surface area contributed by atoms with Crippen molar-refractivity contribution >= 4 is 27.6 Å². The van der Waals surface area contributed by atoms with Crippen LogP contribution in [0.25, 0.3) is 38.8 Å². The molecule has 3 aromatic carbocycles. The third-order valence-corrected chi connectivity index (χ3v) is 7.19. The summed E-state index contributed by atoms with van der Waals surface area (Å²) in [5.74, 6) is -0.293. The van der Waals surface area contributed by atoms with Crippen LogP contribution in [0.2, 0.25) is 0 Å². The van der Waals surface area contributed by atoms with Crippen LogP contribution in [0.1, 0.15) is 11.1 Å². The largest absolute Gasteiger partial charge is 0.368 e. The van der Waals surface area contributed by atoms with Crippen molar-refractivity contribution in [3.05, 3.63) is 88.2 Å². The van der Waals surface area contributed by atoms with Crippen molar-refractivity contribution in [2.24, 2.45) is 7.05 Å². The lowest BCUT2D eigenvalue weighted by Crippen LogP contribution is -2.43. The first-order valence-electron chi connectivity index (χ1n) is 12.2. The minimum absolute atomic E-state index is 0.210. The van der Waals surface area contributed by atoms with Gasteiger partial charge in [-0.1, -0.05) is 18.2 Å². The fourth-order valence-electron chi connectivity index (χ4n) is 5.22. The molecule has 1 N–H and O–H groups in total. The summed E-state index contributed by atoms with van der Waals surface area (Å²) in [6.45, 7) is 5.35. The minimum atomic E-state index is -0.293. The molecule has 0 unspecified atom stereocenters. The van der Waals surface area contributed by atoms with E-state index in [9.17, 15) is 14.4 Å². The minimum Gasteiger partial charge on any atom is -0.368 e. The molecular formula is C29H25FN6O. The molecule has 1 aliphatic heterocycles. The third-order valence-electron chi connectivity index (χ3n) is 7.19. The Morgan fingerprint density at radius 3 is 2.46 bits per heavy atom. The average Bonchev–Trinajstić information content (AvgIpc) is 3.19. The second-order valence-corrected chi connectivity index (χ2v) is 9.41. The maximum Gasteiger partial charge on any atom is 0.333 e. The van der Waals surface area contributed by atoms with Gasteiger partial charge in [-0.25, -0.2) is 9.18 Å². The number of hydrogen-bond acceptors (Lipinski definition) is 5. The second-order valence-electron chi connectivity index (χ2n) is 9.41. The van der Waals surface area contributed by atoms with Gasteiger partial charge in [0.15, 0.2) is 0 Å². The van der Waals surface area contributed by atoms with Gasteiger partial charge < -0.3 is 10.2 Å². The standard InChI is InChI=1S/C29H25FN6O/c1-18-13-26(35-11-9-32-10-12-35)21(16-31)15-25(18)36-28-23-14-20(19-3-6-22(30)7-4-19)5-8-24(23)33-17-27(28)34(2)29(36)37/h3-8,13-15,17,32H,9-12H2,1-2H3. The molecule has 0 spiro atoms. The van der Waals surface area contributed by atoms with E-state index in [2.05, 4.69) is 21.3 Å². The summed E-state index contributed by atoms with van der Waals surface area (Å²) < 4.78 is 16.8. The average molecular weight is 493 g/mol. The van der Waals surface area contributed by atoms with Crippen LogP contribution in [0.4, 0.5) is 10.1 Å². The van der Waals surface area contributed by atoms with Crippen LogP contribution >= 0.6 is 0 Å². The van der Waals surface area contributed by atoms with Crippen LogP contribution in [0.5, 0.6) is 0 Å². The highest BCUT2D eigenvalue weighted by Gasteiger charge is 2.21. The van der Waals surface area contributed by atoms with E-state index >= 15 is 0 Å². The molecular weight excluding hydrogens is 467 g/mol. The molecule has 7 nitrogen and oxygen atoms in total. The molecule has 0 radical (unpaired) electrons. The summed E-state index contributed by atoms with van der Waals surface area (Å²) in [4.78, 5) is 20.4. The van der Waals surface area contributed by atoms with Crippen molar-refractivity contribution in [3.8, 4) is 22.9 Å². The number of imidazole rings is 1. The fraction of sp³-hybridized carbons (Fsp3) is 0.207. The Kier molecular flexibility index (Phi) is 5.50. The number of fused-ring (bicyclic) bond motifs is 3. The molecule has 0 bridgehead atoms. The number of hydrogen-bond donors (Lipinski definition) is 1. The number of benzene rings is 3. The molecule has 1 fully saturated rings. The highest BCUT2D eigenvalue weighted by Crippen LogP contribution is 2.32. The maximum atomic E-state index is 13.6. The zero-order chi connectivity index (χ0) is 25.7. The molecule has 0 saturated carbocycles. The van der Waals surface area contributed by atoms with Crippen LogP contribution < -0.4 is 15.9 Å². The first kappa shape index (κ1) is 23.0. The molecule has 0 atom stereocenters. The van der Waals surface area contributed by atoms with Crippen molar-refractivity contribution in [3.63, 3.8) is 0 Å². The number of aromatic nitrogens is 3. The van der Waals surface area contributed by atoms with Crippen molar-refractivity contribution in [2.45, 2.75) is 6.92 Å². The van der Waals surface area contributed by atoms with E-state index in [1.807, 2.05) is 37.3 Å². The normalized spacial score (nSPS) is 13.8. The smallest absolute Gasteiger partial charge is 0.333 e. The molecule has 3 heterocycles. The molecule has 2 aromatic heterocycles. The van der Waals surface area contributed by atoms with Crippen LogP contribution in [0.3, 0.4) is 0 Å². The molecule has 1 aliphatic rings. The Hall–Kier alpha value is -4.48. The molecule has 8 heteroatoms. The Labute approximate surface area is 213 Å². The van der Waals surface area contributed by atoms with Gasteiger partial charge in [-0.3, -0.25) is 14.1 Å². The number of nitrogens with one attached hydrogen (secondary N) is 1. The number of nitrogens with zero attached hydrogens (tertiary/aromatic N) is 5. The van der Waals surface area contributed by atoms with E-state index in [1.165, 1.54) is 12.1 Å². The summed E-state index contributed by atoms with van der Waals surface area (Å²) in [5.41, 5.74) is 6.72. The fourth-order valence-corrected chi connectivity index (χ4v) is 5.22. The van der Waals surface area contributed by atoms with Crippen LogP contribution in [0, 0.1) is 24.1 Å². The number of anilines is 1. The van der Waals surface area contributed by atoms with Crippen molar-refractivity contribution in [2.75, 3.05) is 31.1 Å². The van der Waals surface area contributed by atoms with Crippen LogP contribution in [-0.4, -0.2) is 40.3 Å². The summed E-state index contributed by atoms with van der Waals surface area (Å²) in [5, 5.41) is 14.2. The van der Waals surface area contributed by atoms with Gasteiger partial charge in [-0.15, -0.1) is 0 Å². The summed E-state index contributed by atoms with van der Waals surface area (Å²) in [6.07, 6.45) is 1.71. The second kappa shape index (κ2) is 8.87. The van der Waals surface area contributed by atoms with E-state index in [4.69, 9.17) is 0 Å². The predicted octanol–water partition coefficient (Wildman–Crippen LogP) is 4.27. The first-order valence-corrected chi connectivity index (χ1v) is 12.2. The SMILES string of the molecule is Cc1cc(N2CCNCC2)c(C#N)cc1-n1c(=O)n(C)c2cnc3ccc(-c4ccc(F)cc4)cc3c21. The molecule has 184 valence electrons. The Balaban J connectivity index is 1.61. The Morgan fingerprint density at radius 2 is 1.73 bits per heavy atom. The van der Waals surface area contributed by atoms with Gasteiger partial charge >= 0.3 is 5.69 Å². The molecule has 0 amide bonds. The van der Waals surface area contributed by atoms with E-state index in [0.29, 0.717) is 16.8 Å². The molecule has 5 aromatic rings. The van der Waals surface area contributed by atoms with Gasteiger partial charge in [0.25, 0.3) is 0 Å². The topological polar surface area (TPSA) is 78.9 Å². The van der Waals surface area contributed by atoms with E-state index in [1.54, 1.807) is 34.5 Å². The number of nitriles is 1. The lowest BCUT2D eigenvalue weighted by atomic mass is 10.0. The van der Waals surface area contributed by atoms with Gasteiger partial charge in [0.05, 0.1) is 39.7 Å². The van der Waals surface area contributed by atoms with Crippen LogP contribution in [-0.2, 0) is 7.05 Å². The summed E-state index contributed by atoms with van der Waals surface area (Å²) in [7, 11) is 1.73. The molecule has 37 heavy (non-hydrogen) atoms. The quantitative estimate of drug-likeness (QED) is 0.407. The van der Waals surface area contributed by atoms with Gasteiger partial charge in [0.1, 0.15) is 11.9 Å². The highest BCUT2D eigenvalue weighted by atomic mass is 19.1. The Morgan fingerprint density at radius 1 is 1.00 bits per heavy atom. The van der Waals surface area contributed by atoms with Crippen molar-refractivity contribution < 1.29 is 4.39 Å². The lowest BCUT2D eigenvalue weighted by Gasteiger charge is -2.30. The van der Waals surface area contributed by atoms with E-state index in [0.717, 1.165) is 65.0 Å². The van der Waals surface area contributed by atoms with E-state index in [-0.39, 0.29) is 11.5 Å².